The van der Waals surface area contributed by atoms with Crippen molar-refractivity contribution in [1.82, 2.24) is 5.32 Å². The molecule has 0 saturated heterocycles. The molecule has 0 aliphatic heterocycles. The molecule has 1 unspecified atom stereocenters. The van der Waals surface area contributed by atoms with Crippen LogP contribution in [0.2, 0.25) is 0 Å². The molecule has 112 valence electrons. The minimum absolute atomic E-state index is 0.00494. The van der Waals surface area contributed by atoms with E-state index in [1.54, 1.807) is 0 Å². The maximum atomic E-state index is 11.9. The molecule has 1 aromatic carbocycles. The van der Waals surface area contributed by atoms with Crippen molar-refractivity contribution >= 4 is 11.6 Å². The Labute approximate surface area is 123 Å². The van der Waals surface area contributed by atoms with Gasteiger partial charge >= 0.3 is 0 Å². The molecule has 0 aliphatic rings. The fraction of sp³-hybridized carbons (Fsp3) is 0.588. The van der Waals surface area contributed by atoms with Crippen molar-refractivity contribution in [1.29, 1.82) is 0 Å². The highest BCUT2D eigenvalue weighted by molar-refractivity contribution is 5.95. The van der Waals surface area contributed by atoms with Crippen LogP contribution in [0.1, 0.15) is 57.3 Å². The zero-order valence-electron chi connectivity index (χ0n) is 13.2. The van der Waals surface area contributed by atoms with Gasteiger partial charge in [-0.1, -0.05) is 26.8 Å². The highest BCUT2D eigenvalue weighted by Crippen LogP contribution is 2.15. The second-order valence-electron chi connectivity index (χ2n) is 5.85. The van der Waals surface area contributed by atoms with E-state index < -0.39 is 0 Å². The van der Waals surface area contributed by atoms with Crippen LogP contribution in [0.3, 0.4) is 0 Å². The van der Waals surface area contributed by atoms with Crippen LogP contribution in [0, 0.1) is 5.92 Å². The molecule has 0 bridgehead atoms. The molecule has 0 aliphatic carbocycles. The number of carbonyl (C=O) groups excluding carboxylic acids is 1. The molecule has 1 atom stereocenters. The first-order chi connectivity index (χ1) is 9.52. The molecule has 20 heavy (non-hydrogen) atoms. The van der Waals surface area contributed by atoms with Crippen LogP contribution in [0.15, 0.2) is 24.3 Å². The van der Waals surface area contributed by atoms with Gasteiger partial charge in [-0.05, 0) is 50.3 Å². The van der Waals surface area contributed by atoms with Crippen molar-refractivity contribution in [3.8, 4) is 0 Å². The largest absolute Gasteiger partial charge is 0.383 e. The Hall–Kier alpha value is -1.51. The first-order valence-electron chi connectivity index (χ1n) is 7.67. The van der Waals surface area contributed by atoms with E-state index in [1.807, 2.05) is 24.3 Å². The smallest absolute Gasteiger partial charge is 0.251 e. The molecule has 0 aromatic heterocycles. The predicted octanol–water partition coefficient (Wildman–Crippen LogP) is 4.06. The Kier molecular flexibility index (Phi) is 7.13. The Morgan fingerprint density at radius 3 is 2.60 bits per heavy atom. The van der Waals surface area contributed by atoms with E-state index in [9.17, 15) is 4.79 Å². The molecule has 3 heteroatoms. The number of carbonyl (C=O) groups is 1. The fourth-order valence-corrected chi connectivity index (χ4v) is 2.03. The van der Waals surface area contributed by atoms with Crippen LogP contribution in [-0.4, -0.2) is 18.5 Å². The SMILES string of the molecule is CCCNC(=O)c1cccc(NC(C)CCC(C)C)c1. The van der Waals surface area contributed by atoms with Gasteiger partial charge in [0.2, 0.25) is 0 Å². The number of nitrogens with one attached hydrogen (secondary N) is 2. The van der Waals surface area contributed by atoms with Crippen molar-refractivity contribution < 1.29 is 4.79 Å². The molecule has 0 spiro atoms. The number of anilines is 1. The number of hydrogen-bond acceptors (Lipinski definition) is 2. The van der Waals surface area contributed by atoms with Crippen LogP contribution in [-0.2, 0) is 0 Å². The summed E-state index contributed by atoms with van der Waals surface area (Å²) >= 11 is 0. The molecular formula is C17H28N2O. The molecule has 1 rings (SSSR count). The van der Waals surface area contributed by atoms with Crippen molar-refractivity contribution in [3.63, 3.8) is 0 Å². The Morgan fingerprint density at radius 1 is 1.20 bits per heavy atom. The topological polar surface area (TPSA) is 41.1 Å². The zero-order chi connectivity index (χ0) is 15.0. The van der Waals surface area contributed by atoms with Gasteiger partial charge in [-0.25, -0.2) is 0 Å². The van der Waals surface area contributed by atoms with Gasteiger partial charge in [-0.15, -0.1) is 0 Å². The first kappa shape index (κ1) is 16.5. The predicted molar refractivity (Wildman–Crippen MR) is 86.2 cm³/mol. The van der Waals surface area contributed by atoms with Gasteiger partial charge in [-0.3, -0.25) is 4.79 Å². The van der Waals surface area contributed by atoms with E-state index in [0.29, 0.717) is 6.04 Å². The van der Waals surface area contributed by atoms with E-state index in [-0.39, 0.29) is 5.91 Å². The summed E-state index contributed by atoms with van der Waals surface area (Å²) in [6, 6.07) is 8.15. The number of hydrogen-bond donors (Lipinski definition) is 2. The third-order valence-electron chi connectivity index (χ3n) is 3.25. The third-order valence-corrected chi connectivity index (χ3v) is 3.25. The molecule has 1 amide bonds. The van der Waals surface area contributed by atoms with Crippen LogP contribution >= 0.6 is 0 Å². The summed E-state index contributed by atoms with van der Waals surface area (Å²) in [4.78, 5) is 11.9. The van der Waals surface area contributed by atoms with E-state index in [2.05, 4.69) is 38.3 Å². The van der Waals surface area contributed by atoms with Gasteiger partial charge in [0.15, 0.2) is 0 Å². The summed E-state index contributed by atoms with van der Waals surface area (Å²) in [6.45, 7) is 9.44. The third kappa shape index (κ3) is 6.09. The minimum Gasteiger partial charge on any atom is -0.383 e. The quantitative estimate of drug-likeness (QED) is 0.751. The van der Waals surface area contributed by atoms with Crippen molar-refractivity contribution in [3.05, 3.63) is 29.8 Å². The highest BCUT2D eigenvalue weighted by Gasteiger charge is 2.07. The van der Waals surface area contributed by atoms with Gasteiger partial charge in [0.25, 0.3) is 5.91 Å². The number of benzene rings is 1. The zero-order valence-corrected chi connectivity index (χ0v) is 13.2. The van der Waals surface area contributed by atoms with E-state index in [4.69, 9.17) is 0 Å². The summed E-state index contributed by atoms with van der Waals surface area (Å²) in [5.41, 5.74) is 1.74. The van der Waals surface area contributed by atoms with Crippen LogP contribution in [0.5, 0.6) is 0 Å². The summed E-state index contributed by atoms with van der Waals surface area (Å²) in [5.74, 6) is 0.732. The van der Waals surface area contributed by atoms with E-state index >= 15 is 0 Å². The minimum atomic E-state index is 0.00494. The first-order valence-corrected chi connectivity index (χ1v) is 7.67. The second kappa shape index (κ2) is 8.62. The average Bonchev–Trinajstić information content (AvgIpc) is 2.42. The normalized spacial score (nSPS) is 12.2. The lowest BCUT2D eigenvalue weighted by molar-refractivity contribution is 0.0953. The molecule has 0 radical (unpaired) electrons. The van der Waals surface area contributed by atoms with Crippen molar-refractivity contribution in [2.24, 2.45) is 5.92 Å². The van der Waals surface area contributed by atoms with Gasteiger partial charge in [-0.2, -0.15) is 0 Å². The Bertz CT molecular complexity index is 415. The van der Waals surface area contributed by atoms with Gasteiger partial charge in [0, 0.05) is 23.8 Å². The Balaban J connectivity index is 2.56. The molecule has 0 fully saturated rings. The lowest BCUT2D eigenvalue weighted by Crippen LogP contribution is -2.24. The number of amides is 1. The molecule has 1 aromatic rings. The average molecular weight is 276 g/mol. The van der Waals surface area contributed by atoms with Crippen LogP contribution < -0.4 is 10.6 Å². The van der Waals surface area contributed by atoms with Gasteiger partial charge in [0.1, 0.15) is 0 Å². The monoisotopic (exact) mass is 276 g/mol. The van der Waals surface area contributed by atoms with E-state index in [1.165, 1.54) is 6.42 Å². The summed E-state index contributed by atoms with van der Waals surface area (Å²) in [5, 5.41) is 6.37. The molecule has 3 nitrogen and oxygen atoms in total. The summed E-state index contributed by atoms with van der Waals surface area (Å²) in [6.07, 6.45) is 3.31. The van der Waals surface area contributed by atoms with Crippen molar-refractivity contribution in [2.75, 3.05) is 11.9 Å². The Morgan fingerprint density at radius 2 is 1.95 bits per heavy atom. The van der Waals surface area contributed by atoms with E-state index in [0.717, 1.165) is 36.6 Å². The lowest BCUT2D eigenvalue weighted by Gasteiger charge is -2.17. The molecule has 0 heterocycles. The molecule has 2 N–H and O–H groups in total. The summed E-state index contributed by atoms with van der Waals surface area (Å²) < 4.78 is 0. The number of rotatable bonds is 8. The van der Waals surface area contributed by atoms with Crippen LogP contribution in [0.4, 0.5) is 5.69 Å². The summed E-state index contributed by atoms with van der Waals surface area (Å²) in [7, 11) is 0. The standard InChI is InChI=1S/C17H28N2O/c1-5-11-18-17(20)15-7-6-8-16(12-15)19-14(4)10-9-13(2)3/h6-8,12-14,19H,5,9-11H2,1-4H3,(H,18,20). The van der Waals surface area contributed by atoms with Gasteiger partial charge in [0.05, 0.1) is 0 Å². The molecular weight excluding hydrogens is 248 g/mol. The maximum Gasteiger partial charge on any atom is 0.251 e. The molecule has 0 saturated carbocycles. The van der Waals surface area contributed by atoms with Crippen molar-refractivity contribution in [2.45, 2.75) is 53.0 Å². The van der Waals surface area contributed by atoms with Gasteiger partial charge < -0.3 is 10.6 Å². The fourth-order valence-electron chi connectivity index (χ4n) is 2.03. The van der Waals surface area contributed by atoms with Crippen LogP contribution in [0.25, 0.3) is 0 Å². The lowest BCUT2D eigenvalue weighted by atomic mass is 10.0. The highest BCUT2D eigenvalue weighted by atomic mass is 16.1. The second-order valence-corrected chi connectivity index (χ2v) is 5.85. The maximum absolute atomic E-state index is 11.9.